The molecule has 0 N–H and O–H groups in total. The van der Waals surface area contributed by atoms with Gasteiger partial charge in [-0.25, -0.2) is 0 Å². The predicted octanol–water partition coefficient (Wildman–Crippen LogP) is 3.05. The smallest absolute Gasteiger partial charge is 0.0629 e. The van der Waals surface area contributed by atoms with E-state index in [9.17, 15) is 0 Å². The van der Waals surface area contributed by atoms with Crippen molar-refractivity contribution in [3.63, 3.8) is 0 Å². The van der Waals surface area contributed by atoms with Gasteiger partial charge in [-0.3, -0.25) is 4.98 Å². The zero-order valence-corrected chi connectivity index (χ0v) is 7.72. The van der Waals surface area contributed by atoms with Crippen LogP contribution in [0.1, 0.15) is 11.3 Å². The molecule has 2 aromatic rings. The molecule has 1 aromatic heterocycles. The van der Waals surface area contributed by atoms with E-state index >= 15 is 0 Å². The monoisotopic (exact) mass is 180 g/mol. The van der Waals surface area contributed by atoms with Gasteiger partial charge in [0.25, 0.3) is 0 Å². The molecule has 0 saturated carbocycles. The van der Waals surface area contributed by atoms with Gasteiger partial charge in [-0.2, -0.15) is 0 Å². The average molecular weight is 180 g/mol. The first-order chi connectivity index (χ1) is 6.95. The lowest BCUT2D eigenvalue weighted by molar-refractivity contribution is 1.30. The van der Waals surface area contributed by atoms with Gasteiger partial charge in [0, 0.05) is 6.20 Å². The van der Waals surface area contributed by atoms with Crippen molar-refractivity contribution in [1.82, 2.24) is 4.98 Å². The molecule has 0 amide bonds. The van der Waals surface area contributed by atoms with Crippen molar-refractivity contribution in [2.24, 2.45) is 0 Å². The molecule has 0 atom stereocenters. The van der Waals surface area contributed by atoms with Crippen molar-refractivity contribution in [3.05, 3.63) is 66.0 Å². The second-order valence-electron chi connectivity index (χ2n) is 2.92. The van der Waals surface area contributed by atoms with Crippen molar-refractivity contribution < 1.29 is 0 Å². The standard InChI is InChI=1S/C13H10N/c1-2-6-12(7-3-1)9-10-13-8-4-5-11-14-13/h2-11H/b10-9+. The molecule has 0 saturated heterocycles. The van der Waals surface area contributed by atoms with E-state index in [2.05, 4.69) is 11.1 Å². The van der Waals surface area contributed by atoms with Gasteiger partial charge < -0.3 is 0 Å². The fourth-order valence-electron chi connectivity index (χ4n) is 1.17. The largest absolute Gasteiger partial charge is 0.257 e. The van der Waals surface area contributed by atoms with Crippen molar-refractivity contribution in [1.29, 1.82) is 0 Å². The van der Waals surface area contributed by atoms with Crippen LogP contribution in [0.3, 0.4) is 0 Å². The minimum Gasteiger partial charge on any atom is -0.257 e. The molecule has 1 aromatic carbocycles. The van der Waals surface area contributed by atoms with E-state index < -0.39 is 0 Å². The van der Waals surface area contributed by atoms with Gasteiger partial charge in [-0.1, -0.05) is 36.4 Å². The molecule has 0 spiro atoms. The molecule has 67 valence electrons. The normalized spacial score (nSPS) is 10.6. The van der Waals surface area contributed by atoms with E-state index in [1.807, 2.05) is 54.6 Å². The van der Waals surface area contributed by atoms with Crippen LogP contribution in [-0.2, 0) is 0 Å². The van der Waals surface area contributed by atoms with Crippen molar-refractivity contribution in [2.45, 2.75) is 0 Å². The Morgan fingerprint density at radius 3 is 2.57 bits per heavy atom. The van der Waals surface area contributed by atoms with Gasteiger partial charge in [0.15, 0.2) is 0 Å². The first-order valence-electron chi connectivity index (χ1n) is 4.50. The Hall–Kier alpha value is -1.89. The number of aromatic nitrogens is 1. The van der Waals surface area contributed by atoms with Gasteiger partial charge in [-0.05, 0) is 29.8 Å². The minimum absolute atomic E-state index is 0.973. The third-order valence-corrected chi connectivity index (χ3v) is 1.88. The van der Waals surface area contributed by atoms with Crippen LogP contribution >= 0.6 is 0 Å². The first kappa shape index (κ1) is 8.70. The first-order valence-corrected chi connectivity index (χ1v) is 4.50. The van der Waals surface area contributed by atoms with E-state index in [0.717, 1.165) is 11.3 Å². The van der Waals surface area contributed by atoms with Crippen molar-refractivity contribution >= 4 is 12.2 Å². The molecule has 1 radical (unpaired) electrons. The van der Waals surface area contributed by atoms with E-state index in [0.29, 0.717) is 0 Å². The summed E-state index contributed by atoms with van der Waals surface area (Å²) in [6.45, 7) is 0. The van der Waals surface area contributed by atoms with Crippen LogP contribution in [0.15, 0.2) is 48.7 Å². The Labute approximate surface area is 83.7 Å². The molecule has 0 aliphatic rings. The van der Waals surface area contributed by atoms with Crippen LogP contribution < -0.4 is 0 Å². The second kappa shape index (κ2) is 4.38. The highest BCUT2D eigenvalue weighted by molar-refractivity contribution is 5.67. The molecule has 1 nitrogen and oxygen atoms in total. The molecule has 1 heteroatoms. The number of rotatable bonds is 2. The molecule has 0 aliphatic carbocycles. The summed E-state index contributed by atoms with van der Waals surface area (Å²) < 4.78 is 0. The van der Waals surface area contributed by atoms with Gasteiger partial charge in [-0.15, -0.1) is 0 Å². The van der Waals surface area contributed by atoms with Crippen LogP contribution in [0.25, 0.3) is 12.2 Å². The van der Waals surface area contributed by atoms with E-state index in [4.69, 9.17) is 0 Å². The predicted molar refractivity (Wildman–Crippen MR) is 58.4 cm³/mol. The summed E-state index contributed by atoms with van der Waals surface area (Å²) >= 11 is 0. The van der Waals surface area contributed by atoms with E-state index in [1.54, 1.807) is 6.20 Å². The number of nitrogens with zero attached hydrogens (tertiary/aromatic N) is 1. The third kappa shape index (κ3) is 2.30. The molecule has 1 heterocycles. The summed E-state index contributed by atoms with van der Waals surface area (Å²) in [7, 11) is 0. The lowest BCUT2D eigenvalue weighted by Crippen LogP contribution is -1.76. The van der Waals surface area contributed by atoms with Crippen LogP contribution in [0.4, 0.5) is 0 Å². The number of hydrogen-bond donors (Lipinski definition) is 0. The molecule has 2 rings (SSSR count). The zero-order chi connectivity index (χ0) is 9.64. The number of pyridine rings is 1. The number of hydrogen-bond acceptors (Lipinski definition) is 1. The highest BCUT2D eigenvalue weighted by Gasteiger charge is 1.85. The van der Waals surface area contributed by atoms with Gasteiger partial charge in [0.2, 0.25) is 0 Å². The highest BCUT2D eigenvalue weighted by Crippen LogP contribution is 2.04. The van der Waals surface area contributed by atoms with E-state index in [1.165, 1.54) is 0 Å². The minimum atomic E-state index is 0.973. The summed E-state index contributed by atoms with van der Waals surface area (Å²) in [6, 6.07) is 16.7. The molecule has 14 heavy (non-hydrogen) atoms. The summed E-state index contributed by atoms with van der Waals surface area (Å²) in [5.41, 5.74) is 2.13. The highest BCUT2D eigenvalue weighted by atomic mass is 14.6. The van der Waals surface area contributed by atoms with Crippen molar-refractivity contribution in [3.8, 4) is 0 Å². The third-order valence-electron chi connectivity index (χ3n) is 1.88. The molecule has 0 bridgehead atoms. The molecular weight excluding hydrogens is 170 g/mol. The molecular formula is C13H10N. The van der Waals surface area contributed by atoms with Gasteiger partial charge >= 0.3 is 0 Å². The van der Waals surface area contributed by atoms with Crippen LogP contribution in [0, 0.1) is 6.07 Å². The van der Waals surface area contributed by atoms with Crippen LogP contribution in [0.5, 0.6) is 0 Å². The Balaban J connectivity index is 2.16. The van der Waals surface area contributed by atoms with Crippen LogP contribution in [0.2, 0.25) is 0 Å². The topological polar surface area (TPSA) is 12.9 Å². The van der Waals surface area contributed by atoms with Crippen LogP contribution in [-0.4, -0.2) is 4.98 Å². The maximum Gasteiger partial charge on any atom is 0.0629 e. The average Bonchev–Trinajstić information content (AvgIpc) is 2.29. The summed E-state index contributed by atoms with van der Waals surface area (Å²) in [6.07, 6.45) is 5.82. The lowest BCUT2D eigenvalue weighted by atomic mass is 10.2. The Morgan fingerprint density at radius 2 is 1.86 bits per heavy atom. The summed E-state index contributed by atoms with van der Waals surface area (Å²) in [5, 5.41) is 0. The molecule has 0 fully saturated rings. The Morgan fingerprint density at radius 1 is 1.00 bits per heavy atom. The molecule has 0 unspecified atom stereocenters. The Bertz CT molecular complexity index is 362. The second-order valence-corrected chi connectivity index (χ2v) is 2.92. The summed E-state index contributed by atoms with van der Waals surface area (Å²) in [4.78, 5) is 4.20. The zero-order valence-electron chi connectivity index (χ0n) is 7.72. The molecule has 0 aliphatic heterocycles. The van der Waals surface area contributed by atoms with Crippen molar-refractivity contribution in [2.75, 3.05) is 0 Å². The SMILES string of the molecule is [c]1ccc(/C=C/c2ccccn2)cc1. The number of benzene rings is 1. The van der Waals surface area contributed by atoms with Gasteiger partial charge in [0.05, 0.1) is 5.69 Å². The maximum absolute atomic E-state index is 4.20. The van der Waals surface area contributed by atoms with E-state index in [-0.39, 0.29) is 0 Å². The van der Waals surface area contributed by atoms with Gasteiger partial charge in [0.1, 0.15) is 0 Å². The fraction of sp³-hybridized carbons (Fsp3) is 0. The fourth-order valence-corrected chi connectivity index (χ4v) is 1.17. The quantitative estimate of drug-likeness (QED) is 0.692. The summed E-state index contributed by atoms with van der Waals surface area (Å²) in [5.74, 6) is 0. The lowest BCUT2D eigenvalue weighted by Gasteiger charge is -1.91. The Kier molecular flexibility index (Phi) is 2.72. The maximum atomic E-state index is 4.20.